The van der Waals surface area contributed by atoms with Gasteiger partial charge in [-0.3, -0.25) is 4.40 Å². The number of fused-ring (bicyclic) bond motifs is 1. The van der Waals surface area contributed by atoms with E-state index in [1.807, 2.05) is 62.5 Å². The highest BCUT2D eigenvalue weighted by Crippen LogP contribution is 2.29. The number of carbonyl (C=O) groups excluding carboxylic acids is 1. The summed E-state index contributed by atoms with van der Waals surface area (Å²) in [5.41, 5.74) is 8.65. The molecule has 204 valence electrons. The minimum absolute atomic E-state index is 0.0459. The lowest BCUT2D eigenvalue weighted by molar-refractivity contribution is 0.246. The van der Waals surface area contributed by atoms with E-state index in [0.29, 0.717) is 6.42 Å². The number of hydrogen-bond acceptors (Lipinski definition) is 5. The number of nitrogens with zero attached hydrogens (tertiary/aromatic N) is 3. The Morgan fingerprint density at radius 3 is 2.25 bits per heavy atom. The lowest BCUT2D eigenvalue weighted by Crippen LogP contribution is -2.40. The molecule has 0 aliphatic carbocycles. The third kappa shape index (κ3) is 5.74. The van der Waals surface area contributed by atoms with E-state index >= 15 is 0 Å². The SMILES string of the molecule is CCc1nc2c(C)nc(-c3ccccc3)cn2c1-c1ccc(CCNC(=O)NS(=O)(=O)c2ccc(C)cc2)cc1. The summed E-state index contributed by atoms with van der Waals surface area (Å²) in [6.07, 6.45) is 3.37. The molecule has 40 heavy (non-hydrogen) atoms. The molecule has 2 N–H and O–H groups in total. The molecule has 5 rings (SSSR count). The van der Waals surface area contributed by atoms with Crippen molar-refractivity contribution in [2.45, 2.75) is 38.5 Å². The molecule has 0 spiro atoms. The van der Waals surface area contributed by atoms with E-state index in [-0.39, 0.29) is 11.4 Å². The molecule has 3 aromatic carbocycles. The zero-order valence-corrected chi connectivity index (χ0v) is 23.5. The molecule has 0 fully saturated rings. The Morgan fingerprint density at radius 1 is 0.875 bits per heavy atom. The lowest BCUT2D eigenvalue weighted by atomic mass is 10.0. The summed E-state index contributed by atoms with van der Waals surface area (Å²) in [6.45, 7) is 6.23. The summed E-state index contributed by atoms with van der Waals surface area (Å²) in [4.78, 5) is 22.0. The van der Waals surface area contributed by atoms with E-state index in [1.165, 1.54) is 12.1 Å². The highest BCUT2D eigenvalue weighted by Gasteiger charge is 2.18. The molecule has 5 aromatic rings. The van der Waals surface area contributed by atoms with E-state index < -0.39 is 16.1 Å². The number of nitrogens with one attached hydrogen (secondary N) is 2. The first-order valence-corrected chi connectivity index (χ1v) is 14.6. The van der Waals surface area contributed by atoms with Gasteiger partial charge in [0.1, 0.15) is 0 Å². The number of urea groups is 1. The largest absolute Gasteiger partial charge is 0.337 e. The van der Waals surface area contributed by atoms with E-state index in [4.69, 9.17) is 9.97 Å². The second-order valence-corrected chi connectivity index (χ2v) is 11.3. The molecule has 0 aliphatic rings. The van der Waals surface area contributed by atoms with Crippen LogP contribution in [0.25, 0.3) is 28.2 Å². The summed E-state index contributed by atoms with van der Waals surface area (Å²) in [5, 5.41) is 2.63. The number of imidazole rings is 1. The zero-order chi connectivity index (χ0) is 28.3. The Bertz CT molecular complexity index is 1760. The van der Waals surface area contributed by atoms with Crippen molar-refractivity contribution in [3.05, 3.63) is 108 Å². The molecular formula is C31H31N5O3S. The minimum Gasteiger partial charge on any atom is -0.337 e. The third-order valence-corrected chi connectivity index (χ3v) is 8.08. The molecule has 0 bridgehead atoms. The van der Waals surface area contributed by atoms with Crippen molar-refractivity contribution in [1.82, 2.24) is 24.4 Å². The summed E-state index contributed by atoms with van der Waals surface area (Å²) >= 11 is 0. The molecule has 2 amide bonds. The second kappa shape index (κ2) is 11.3. The van der Waals surface area contributed by atoms with Gasteiger partial charge in [0.25, 0.3) is 10.0 Å². The molecule has 0 saturated carbocycles. The zero-order valence-electron chi connectivity index (χ0n) is 22.7. The highest BCUT2D eigenvalue weighted by atomic mass is 32.2. The number of aromatic nitrogens is 3. The lowest BCUT2D eigenvalue weighted by Gasteiger charge is -2.10. The molecule has 0 atom stereocenters. The van der Waals surface area contributed by atoms with Crippen molar-refractivity contribution in [2.24, 2.45) is 0 Å². The van der Waals surface area contributed by atoms with Gasteiger partial charge < -0.3 is 5.32 Å². The first-order valence-electron chi connectivity index (χ1n) is 13.2. The standard InChI is InChI=1S/C31H31N5O3S/c1-4-27-29(36-20-28(24-8-6-5-7-9-24)33-22(3)30(36)34-27)25-14-12-23(13-15-25)18-19-32-31(37)35-40(38,39)26-16-10-21(2)11-17-26/h5-17,20H,4,18-19H2,1-3H3,(H2,32,35,37). The van der Waals surface area contributed by atoms with Gasteiger partial charge in [-0.1, -0.05) is 79.2 Å². The van der Waals surface area contributed by atoms with Crippen molar-refractivity contribution < 1.29 is 13.2 Å². The van der Waals surface area contributed by atoms with Gasteiger partial charge in [-0.25, -0.2) is 27.9 Å². The average Bonchev–Trinajstić information content (AvgIpc) is 3.33. The fraction of sp³-hybridized carbons (Fsp3) is 0.194. The van der Waals surface area contributed by atoms with Crippen LogP contribution in [0.3, 0.4) is 0 Å². The number of sulfonamides is 1. The van der Waals surface area contributed by atoms with Crippen LogP contribution in [0, 0.1) is 13.8 Å². The van der Waals surface area contributed by atoms with Crippen LogP contribution in [0.4, 0.5) is 4.79 Å². The quantitative estimate of drug-likeness (QED) is 0.265. The summed E-state index contributed by atoms with van der Waals surface area (Å²) < 4.78 is 29.0. The van der Waals surface area contributed by atoms with Crippen LogP contribution >= 0.6 is 0 Å². The molecule has 9 heteroatoms. The maximum absolute atomic E-state index is 12.4. The maximum atomic E-state index is 12.4. The first kappa shape index (κ1) is 27.1. The van der Waals surface area contributed by atoms with Crippen LogP contribution in [0.1, 0.15) is 29.4 Å². The fourth-order valence-corrected chi connectivity index (χ4v) is 5.56. The predicted molar refractivity (Wildman–Crippen MR) is 157 cm³/mol. The van der Waals surface area contributed by atoms with Crippen LogP contribution in [0.15, 0.2) is 90.0 Å². The van der Waals surface area contributed by atoms with E-state index in [9.17, 15) is 13.2 Å². The molecule has 2 heterocycles. The number of amides is 2. The van der Waals surface area contributed by atoms with Crippen LogP contribution in [-0.2, 0) is 22.9 Å². The van der Waals surface area contributed by atoms with Crippen LogP contribution < -0.4 is 10.0 Å². The molecule has 0 unspecified atom stereocenters. The molecule has 0 saturated heterocycles. The van der Waals surface area contributed by atoms with E-state index in [2.05, 4.69) is 33.5 Å². The van der Waals surface area contributed by atoms with Crippen LogP contribution in [0.2, 0.25) is 0 Å². The Morgan fingerprint density at radius 2 is 1.57 bits per heavy atom. The third-order valence-electron chi connectivity index (χ3n) is 6.74. The van der Waals surface area contributed by atoms with Crippen molar-refractivity contribution in [1.29, 1.82) is 0 Å². The summed E-state index contributed by atoms with van der Waals surface area (Å²) in [5.74, 6) is 0. The van der Waals surface area contributed by atoms with Gasteiger partial charge in [-0.15, -0.1) is 0 Å². The number of rotatable bonds is 8. The molecule has 0 radical (unpaired) electrons. The number of benzene rings is 3. The Labute approximate surface area is 234 Å². The van der Waals surface area contributed by atoms with Crippen LogP contribution in [-0.4, -0.2) is 35.4 Å². The van der Waals surface area contributed by atoms with Crippen LogP contribution in [0.5, 0.6) is 0 Å². The first-order chi connectivity index (χ1) is 19.2. The number of carbonyl (C=O) groups is 1. The fourth-order valence-electron chi connectivity index (χ4n) is 4.63. The van der Waals surface area contributed by atoms with E-state index in [1.54, 1.807) is 12.1 Å². The highest BCUT2D eigenvalue weighted by molar-refractivity contribution is 7.90. The normalized spacial score (nSPS) is 11.5. The van der Waals surface area contributed by atoms with E-state index in [0.717, 1.165) is 57.1 Å². The van der Waals surface area contributed by atoms with Gasteiger partial charge in [0, 0.05) is 23.9 Å². The molecule has 2 aromatic heterocycles. The van der Waals surface area contributed by atoms with Gasteiger partial charge in [-0.05, 0) is 44.4 Å². The Hall–Kier alpha value is -4.50. The summed E-state index contributed by atoms with van der Waals surface area (Å²) in [6, 6.07) is 23.8. The number of aryl methyl sites for hydroxylation is 3. The van der Waals surface area contributed by atoms with Gasteiger partial charge in [0.05, 0.1) is 27.7 Å². The van der Waals surface area contributed by atoms with Crippen molar-refractivity contribution in [3.63, 3.8) is 0 Å². The van der Waals surface area contributed by atoms with Crippen molar-refractivity contribution in [3.8, 4) is 22.5 Å². The van der Waals surface area contributed by atoms with Gasteiger partial charge in [0.2, 0.25) is 0 Å². The molecular weight excluding hydrogens is 522 g/mol. The van der Waals surface area contributed by atoms with Crippen molar-refractivity contribution in [2.75, 3.05) is 6.54 Å². The van der Waals surface area contributed by atoms with Crippen molar-refractivity contribution >= 4 is 21.7 Å². The second-order valence-electron chi connectivity index (χ2n) is 9.65. The average molecular weight is 554 g/mol. The molecule has 0 aliphatic heterocycles. The smallest absolute Gasteiger partial charge is 0.328 e. The number of hydrogen-bond donors (Lipinski definition) is 2. The monoisotopic (exact) mass is 553 g/mol. The predicted octanol–water partition coefficient (Wildman–Crippen LogP) is 5.47. The van der Waals surface area contributed by atoms with Gasteiger partial charge in [-0.2, -0.15) is 0 Å². The summed E-state index contributed by atoms with van der Waals surface area (Å²) in [7, 11) is -3.93. The molecule has 8 nitrogen and oxygen atoms in total. The minimum atomic E-state index is -3.93. The van der Waals surface area contributed by atoms with Gasteiger partial charge in [0.15, 0.2) is 5.65 Å². The van der Waals surface area contributed by atoms with Gasteiger partial charge >= 0.3 is 6.03 Å². The Balaban J connectivity index is 1.29. The topological polar surface area (TPSA) is 105 Å². The maximum Gasteiger partial charge on any atom is 0.328 e. The Kier molecular flexibility index (Phi) is 7.66.